The molecule has 0 aliphatic carbocycles. The molecule has 0 bridgehead atoms. The van der Waals surface area contributed by atoms with Crippen molar-refractivity contribution in [1.82, 2.24) is 0 Å². The van der Waals surface area contributed by atoms with Crippen LogP contribution in [0.2, 0.25) is 0 Å². The zero-order valence-electron chi connectivity index (χ0n) is 9.76. The molecule has 1 aromatic rings. The van der Waals surface area contributed by atoms with Gasteiger partial charge in [0.05, 0.1) is 7.11 Å². The number of ether oxygens (including phenoxy) is 2. The van der Waals surface area contributed by atoms with Crippen molar-refractivity contribution in [3.05, 3.63) is 29.8 Å². The van der Waals surface area contributed by atoms with Gasteiger partial charge >= 0.3 is 5.97 Å². The van der Waals surface area contributed by atoms with Crippen LogP contribution in [0.25, 0.3) is 0 Å². The maximum absolute atomic E-state index is 11.4. The van der Waals surface area contributed by atoms with E-state index in [1.165, 1.54) is 0 Å². The van der Waals surface area contributed by atoms with E-state index in [0.29, 0.717) is 5.75 Å². The summed E-state index contributed by atoms with van der Waals surface area (Å²) >= 11 is 0. The average Bonchev–Trinajstić information content (AvgIpc) is 2.36. The molecule has 0 radical (unpaired) electrons. The molecule has 0 aliphatic rings. The molecule has 0 spiro atoms. The minimum Gasteiger partial charge on any atom is -0.497 e. The summed E-state index contributed by atoms with van der Waals surface area (Å²) in [5, 5.41) is 8.63. The Morgan fingerprint density at radius 1 is 1.53 bits per heavy atom. The second-order valence-corrected chi connectivity index (χ2v) is 3.58. The van der Waals surface area contributed by atoms with Crippen LogP contribution in [0.3, 0.4) is 0 Å². The molecule has 94 valence electrons. The Bertz CT molecular complexity index is 367. The first kappa shape index (κ1) is 13.5. The van der Waals surface area contributed by atoms with Gasteiger partial charge in [0.15, 0.2) is 0 Å². The van der Waals surface area contributed by atoms with E-state index in [1.807, 2.05) is 18.2 Å². The number of hydrogen-bond acceptors (Lipinski definition) is 5. The highest BCUT2D eigenvalue weighted by atomic mass is 16.5. The van der Waals surface area contributed by atoms with Crippen molar-refractivity contribution in [3.63, 3.8) is 0 Å². The second-order valence-electron chi connectivity index (χ2n) is 3.58. The van der Waals surface area contributed by atoms with Crippen LogP contribution < -0.4 is 10.5 Å². The van der Waals surface area contributed by atoms with Crippen molar-refractivity contribution in [2.24, 2.45) is 5.73 Å². The lowest BCUT2D eigenvalue weighted by molar-refractivity contribution is -0.146. The van der Waals surface area contributed by atoms with Crippen LogP contribution >= 0.6 is 0 Å². The molecular formula is C12H17NO4. The Morgan fingerprint density at radius 2 is 2.29 bits per heavy atom. The molecule has 0 aromatic heterocycles. The Balaban J connectivity index is 2.46. The van der Waals surface area contributed by atoms with Crippen LogP contribution in [0.5, 0.6) is 5.75 Å². The minimum atomic E-state index is -0.773. The first-order valence-electron chi connectivity index (χ1n) is 5.33. The van der Waals surface area contributed by atoms with E-state index >= 15 is 0 Å². The number of esters is 1. The highest BCUT2D eigenvalue weighted by Crippen LogP contribution is 2.13. The van der Waals surface area contributed by atoms with Crippen LogP contribution in [-0.2, 0) is 16.1 Å². The number of methoxy groups -OCH3 is 1. The monoisotopic (exact) mass is 239 g/mol. The van der Waals surface area contributed by atoms with Crippen molar-refractivity contribution >= 4 is 5.97 Å². The molecular weight excluding hydrogens is 222 g/mol. The fourth-order valence-corrected chi connectivity index (χ4v) is 1.28. The smallest absolute Gasteiger partial charge is 0.323 e. The highest BCUT2D eigenvalue weighted by molar-refractivity contribution is 5.75. The number of nitrogens with two attached hydrogens (primary N) is 1. The normalized spacial score (nSPS) is 11.9. The Kier molecular flexibility index (Phi) is 5.45. The standard InChI is InChI=1S/C12H17NO4/c1-16-10-4-2-3-9(7-10)8-17-12(15)11(13)5-6-14/h2-4,7,11,14H,5-6,8,13H2,1H3/t11-/m0/s1. The van der Waals surface area contributed by atoms with Crippen molar-refractivity contribution in [2.75, 3.05) is 13.7 Å². The average molecular weight is 239 g/mol. The topological polar surface area (TPSA) is 81.8 Å². The van der Waals surface area contributed by atoms with Gasteiger partial charge in [-0.25, -0.2) is 0 Å². The van der Waals surface area contributed by atoms with Crippen molar-refractivity contribution in [1.29, 1.82) is 0 Å². The number of carbonyl (C=O) groups excluding carboxylic acids is 1. The fourth-order valence-electron chi connectivity index (χ4n) is 1.28. The van der Waals surface area contributed by atoms with Crippen LogP contribution in [0.15, 0.2) is 24.3 Å². The number of aliphatic hydroxyl groups excluding tert-OH is 1. The zero-order valence-corrected chi connectivity index (χ0v) is 9.76. The lowest BCUT2D eigenvalue weighted by Crippen LogP contribution is -2.33. The predicted molar refractivity (Wildman–Crippen MR) is 62.5 cm³/mol. The van der Waals surface area contributed by atoms with Crippen LogP contribution in [-0.4, -0.2) is 30.8 Å². The molecule has 0 aliphatic heterocycles. The van der Waals surface area contributed by atoms with E-state index in [2.05, 4.69) is 0 Å². The highest BCUT2D eigenvalue weighted by Gasteiger charge is 2.14. The van der Waals surface area contributed by atoms with Gasteiger partial charge in [-0.05, 0) is 24.1 Å². The number of rotatable bonds is 6. The molecule has 5 heteroatoms. The third kappa shape index (κ3) is 4.42. The van der Waals surface area contributed by atoms with E-state index in [9.17, 15) is 4.79 Å². The number of carbonyl (C=O) groups is 1. The van der Waals surface area contributed by atoms with Gasteiger partial charge in [-0.3, -0.25) is 4.79 Å². The summed E-state index contributed by atoms with van der Waals surface area (Å²) in [5.41, 5.74) is 6.32. The van der Waals surface area contributed by atoms with Crippen LogP contribution in [0.1, 0.15) is 12.0 Å². The van der Waals surface area contributed by atoms with Gasteiger partial charge in [0.25, 0.3) is 0 Å². The Labute approximate surface area is 100 Å². The number of benzene rings is 1. The maximum atomic E-state index is 11.4. The summed E-state index contributed by atoms with van der Waals surface area (Å²) in [6.45, 7) is 0.0184. The molecule has 3 N–H and O–H groups in total. The first-order chi connectivity index (χ1) is 8.17. The van der Waals surface area contributed by atoms with Crippen LogP contribution in [0.4, 0.5) is 0 Å². The summed E-state index contributed by atoms with van der Waals surface area (Å²) in [4.78, 5) is 11.4. The Hall–Kier alpha value is -1.59. The van der Waals surface area contributed by atoms with E-state index in [4.69, 9.17) is 20.3 Å². The molecule has 0 unspecified atom stereocenters. The van der Waals surface area contributed by atoms with Crippen LogP contribution in [0, 0.1) is 0 Å². The maximum Gasteiger partial charge on any atom is 0.323 e. The van der Waals surface area contributed by atoms with Crippen molar-refractivity contribution in [3.8, 4) is 5.75 Å². The summed E-state index contributed by atoms with van der Waals surface area (Å²) in [5.74, 6) is 0.195. The molecule has 0 heterocycles. The third-order valence-corrected chi connectivity index (χ3v) is 2.26. The molecule has 0 amide bonds. The van der Waals surface area contributed by atoms with Gasteiger partial charge in [-0.15, -0.1) is 0 Å². The van der Waals surface area contributed by atoms with Gasteiger partial charge in [0, 0.05) is 6.61 Å². The zero-order chi connectivity index (χ0) is 12.7. The van der Waals surface area contributed by atoms with E-state index in [0.717, 1.165) is 5.56 Å². The van der Waals surface area contributed by atoms with E-state index in [1.54, 1.807) is 13.2 Å². The molecule has 1 aromatic carbocycles. The van der Waals surface area contributed by atoms with Gasteiger partial charge in [0.1, 0.15) is 18.4 Å². The second kappa shape index (κ2) is 6.88. The SMILES string of the molecule is COc1cccc(COC(=O)[C@@H](N)CCO)c1. The van der Waals surface area contributed by atoms with Gasteiger partial charge in [-0.2, -0.15) is 0 Å². The van der Waals surface area contributed by atoms with Gasteiger partial charge in [0.2, 0.25) is 0 Å². The molecule has 0 fully saturated rings. The quantitative estimate of drug-likeness (QED) is 0.704. The lowest BCUT2D eigenvalue weighted by atomic mass is 10.2. The number of aliphatic hydroxyl groups is 1. The predicted octanol–water partition coefficient (Wildman–Crippen LogP) is 0.448. The molecule has 0 saturated heterocycles. The van der Waals surface area contributed by atoms with Gasteiger partial charge < -0.3 is 20.3 Å². The lowest BCUT2D eigenvalue weighted by Gasteiger charge is -2.10. The van der Waals surface area contributed by atoms with Crippen molar-refractivity contribution in [2.45, 2.75) is 19.1 Å². The largest absolute Gasteiger partial charge is 0.497 e. The van der Waals surface area contributed by atoms with E-state index in [-0.39, 0.29) is 19.6 Å². The van der Waals surface area contributed by atoms with Gasteiger partial charge in [-0.1, -0.05) is 12.1 Å². The molecule has 0 saturated carbocycles. The third-order valence-electron chi connectivity index (χ3n) is 2.26. The summed E-state index contributed by atoms with van der Waals surface area (Å²) in [6.07, 6.45) is 0.205. The molecule has 1 atom stereocenters. The summed E-state index contributed by atoms with van der Waals surface area (Å²) < 4.78 is 10.1. The summed E-state index contributed by atoms with van der Waals surface area (Å²) in [7, 11) is 1.57. The molecule has 5 nitrogen and oxygen atoms in total. The molecule has 17 heavy (non-hydrogen) atoms. The molecule has 1 rings (SSSR count). The Morgan fingerprint density at radius 3 is 2.94 bits per heavy atom. The fraction of sp³-hybridized carbons (Fsp3) is 0.417. The van der Waals surface area contributed by atoms with Crippen molar-refractivity contribution < 1.29 is 19.4 Å². The first-order valence-corrected chi connectivity index (χ1v) is 5.33. The minimum absolute atomic E-state index is 0.130. The summed E-state index contributed by atoms with van der Waals surface area (Å²) in [6, 6.07) is 6.46. The number of hydrogen-bond donors (Lipinski definition) is 2. The van der Waals surface area contributed by atoms with E-state index < -0.39 is 12.0 Å².